The molecule has 4 unspecified atom stereocenters. The van der Waals surface area contributed by atoms with Gasteiger partial charge in [0.2, 0.25) is 0 Å². The molecular weight excluding hydrogens is 412 g/mol. The van der Waals surface area contributed by atoms with E-state index in [9.17, 15) is 20.1 Å². The molecule has 0 heterocycles. The first-order valence-electron chi connectivity index (χ1n) is 14.0. The van der Waals surface area contributed by atoms with Gasteiger partial charge in [-0.2, -0.15) is 0 Å². The van der Waals surface area contributed by atoms with E-state index in [1.54, 1.807) is 0 Å². The van der Waals surface area contributed by atoms with Crippen LogP contribution in [0.1, 0.15) is 99.3 Å². The second kappa shape index (κ2) is 9.21. The van der Waals surface area contributed by atoms with Gasteiger partial charge in [-0.15, -0.1) is 0 Å². The Balaban J connectivity index is 1.54. The Morgan fingerprint density at radius 2 is 1.58 bits per heavy atom. The van der Waals surface area contributed by atoms with Crippen LogP contribution in [0.25, 0.3) is 0 Å². The summed E-state index contributed by atoms with van der Waals surface area (Å²) in [6, 6.07) is 0. The Kier molecular flexibility index (Phi) is 7.15. The Labute approximate surface area is 201 Å². The van der Waals surface area contributed by atoms with E-state index in [1.807, 2.05) is 0 Å². The lowest BCUT2D eigenvalue weighted by molar-refractivity contribution is -0.161. The van der Waals surface area contributed by atoms with Crippen molar-refractivity contribution in [2.24, 2.45) is 58.2 Å². The summed E-state index contributed by atoms with van der Waals surface area (Å²) in [5, 5.41) is 32.6. The Morgan fingerprint density at radius 1 is 0.939 bits per heavy atom. The molecular formula is C29H50O4. The second-order valence-electron chi connectivity index (χ2n) is 13.4. The number of aliphatic hydroxyl groups is 3. The zero-order valence-electron chi connectivity index (χ0n) is 22.0. The minimum atomic E-state index is -0.689. The molecule has 0 radical (unpaired) electrons. The third kappa shape index (κ3) is 4.04. The molecule has 4 heteroatoms. The molecule has 0 aromatic carbocycles. The first-order valence-corrected chi connectivity index (χ1v) is 14.0. The average molecular weight is 463 g/mol. The monoisotopic (exact) mass is 462 g/mol. The standard InChI is InChI=1S/C29H50O4/c1-7-19(16(2)3)27(33)26(32)17(4)21-8-9-22-20-15-25(31)24-14-18(30)10-12-29(24,6)23(20)11-13-28(21,22)5/h16-24,26-27,30,32-33H,7-15H2,1-6H3/t17-,18+,19-,20?,21?,22?,23?,24+,26+,27+,28+,29+/m0/s1. The van der Waals surface area contributed by atoms with Crippen LogP contribution in [0, 0.1) is 58.2 Å². The van der Waals surface area contributed by atoms with E-state index in [2.05, 4.69) is 41.5 Å². The highest BCUT2D eigenvalue weighted by molar-refractivity contribution is 5.83. The highest BCUT2D eigenvalue weighted by Gasteiger charge is 2.63. The first kappa shape index (κ1) is 25.6. The summed E-state index contributed by atoms with van der Waals surface area (Å²) in [4.78, 5) is 13.3. The predicted octanol–water partition coefficient (Wildman–Crippen LogP) is 5.23. The minimum absolute atomic E-state index is 0.0435. The molecule has 4 aliphatic rings. The molecule has 4 rings (SSSR count). The molecule has 12 atom stereocenters. The van der Waals surface area contributed by atoms with Gasteiger partial charge < -0.3 is 15.3 Å². The Hall–Kier alpha value is -0.450. The molecule has 0 aromatic rings. The summed E-state index contributed by atoms with van der Waals surface area (Å²) in [6.45, 7) is 13.3. The lowest BCUT2D eigenvalue weighted by Gasteiger charge is -2.60. The quantitative estimate of drug-likeness (QED) is 0.505. The molecule has 33 heavy (non-hydrogen) atoms. The van der Waals surface area contributed by atoms with E-state index in [1.165, 1.54) is 6.42 Å². The van der Waals surface area contributed by atoms with Gasteiger partial charge in [-0.25, -0.2) is 0 Å². The number of fused-ring (bicyclic) bond motifs is 5. The summed E-state index contributed by atoms with van der Waals surface area (Å²) in [5.74, 6) is 2.94. The van der Waals surface area contributed by atoms with Crippen molar-refractivity contribution in [3.05, 3.63) is 0 Å². The lowest BCUT2D eigenvalue weighted by Crippen LogP contribution is -2.57. The summed E-state index contributed by atoms with van der Waals surface area (Å²) in [7, 11) is 0. The molecule has 4 aliphatic carbocycles. The van der Waals surface area contributed by atoms with E-state index in [-0.39, 0.29) is 34.7 Å². The highest BCUT2D eigenvalue weighted by Crippen LogP contribution is 2.67. The average Bonchev–Trinajstić information content (AvgIpc) is 3.11. The van der Waals surface area contributed by atoms with Gasteiger partial charge in [0.05, 0.1) is 18.3 Å². The molecule has 3 N–H and O–H groups in total. The van der Waals surface area contributed by atoms with Gasteiger partial charge in [-0.3, -0.25) is 4.79 Å². The molecule has 4 saturated carbocycles. The van der Waals surface area contributed by atoms with Crippen LogP contribution in [0.15, 0.2) is 0 Å². The number of carbonyl (C=O) groups is 1. The summed E-state index contributed by atoms with van der Waals surface area (Å²) in [5.41, 5.74) is 0.185. The normalized spacial score (nSPS) is 46.8. The van der Waals surface area contributed by atoms with Crippen LogP contribution in [-0.4, -0.2) is 39.4 Å². The SMILES string of the molecule is CC[C@@H](C(C)C)[C@@H](O)[C@H](O)[C@@H](C)C1CCC2C3CC(=O)[C@H]4C[C@H](O)CC[C@]4(C)C3CC[C@@]21C. The fourth-order valence-electron chi connectivity index (χ4n) is 9.83. The molecule has 4 nitrogen and oxygen atoms in total. The predicted molar refractivity (Wildman–Crippen MR) is 131 cm³/mol. The zero-order valence-corrected chi connectivity index (χ0v) is 22.0. The number of ketones is 1. The van der Waals surface area contributed by atoms with Crippen molar-refractivity contribution in [3.63, 3.8) is 0 Å². The van der Waals surface area contributed by atoms with Crippen molar-refractivity contribution in [1.29, 1.82) is 0 Å². The third-order valence-corrected chi connectivity index (χ3v) is 11.8. The van der Waals surface area contributed by atoms with Gasteiger partial charge in [0.25, 0.3) is 0 Å². The van der Waals surface area contributed by atoms with Crippen molar-refractivity contribution in [2.45, 2.75) is 118 Å². The van der Waals surface area contributed by atoms with Crippen LogP contribution >= 0.6 is 0 Å². The molecule has 0 bridgehead atoms. The summed E-state index contributed by atoms with van der Waals surface area (Å²) >= 11 is 0. The van der Waals surface area contributed by atoms with E-state index >= 15 is 0 Å². The topological polar surface area (TPSA) is 77.8 Å². The second-order valence-corrected chi connectivity index (χ2v) is 13.4. The van der Waals surface area contributed by atoms with E-state index < -0.39 is 12.2 Å². The number of hydrogen-bond acceptors (Lipinski definition) is 4. The Morgan fingerprint density at radius 3 is 2.21 bits per heavy atom. The van der Waals surface area contributed by atoms with Crippen LogP contribution in [-0.2, 0) is 4.79 Å². The maximum absolute atomic E-state index is 13.3. The van der Waals surface area contributed by atoms with Gasteiger partial charge in [0.1, 0.15) is 5.78 Å². The minimum Gasteiger partial charge on any atom is -0.393 e. The van der Waals surface area contributed by atoms with Crippen LogP contribution in [0.4, 0.5) is 0 Å². The van der Waals surface area contributed by atoms with Crippen molar-refractivity contribution < 1.29 is 20.1 Å². The summed E-state index contributed by atoms with van der Waals surface area (Å²) in [6.07, 6.45) is 6.96. The van der Waals surface area contributed by atoms with E-state index in [0.29, 0.717) is 48.2 Å². The smallest absolute Gasteiger partial charge is 0.136 e. The molecule has 0 aromatic heterocycles. The van der Waals surface area contributed by atoms with Crippen LogP contribution in [0.3, 0.4) is 0 Å². The van der Waals surface area contributed by atoms with Crippen molar-refractivity contribution in [1.82, 2.24) is 0 Å². The molecule has 0 aliphatic heterocycles. The number of hydrogen-bond donors (Lipinski definition) is 3. The highest BCUT2D eigenvalue weighted by atomic mass is 16.3. The van der Waals surface area contributed by atoms with Crippen molar-refractivity contribution in [2.75, 3.05) is 0 Å². The fourth-order valence-corrected chi connectivity index (χ4v) is 9.83. The molecule has 0 amide bonds. The van der Waals surface area contributed by atoms with Crippen molar-refractivity contribution in [3.8, 4) is 0 Å². The van der Waals surface area contributed by atoms with Gasteiger partial charge in [0.15, 0.2) is 0 Å². The molecule has 0 spiro atoms. The molecule has 4 fully saturated rings. The molecule has 0 saturated heterocycles. The maximum atomic E-state index is 13.3. The van der Waals surface area contributed by atoms with Crippen LogP contribution < -0.4 is 0 Å². The fraction of sp³-hybridized carbons (Fsp3) is 0.966. The number of Topliss-reactive ketones (excluding diaryl/α,β-unsaturated/α-hetero) is 1. The molecule has 190 valence electrons. The Bertz CT molecular complexity index is 720. The lowest BCUT2D eigenvalue weighted by atomic mass is 9.44. The van der Waals surface area contributed by atoms with Crippen LogP contribution in [0.2, 0.25) is 0 Å². The third-order valence-electron chi connectivity index (χ3n) is 11.8. The summed E-state index contributed by atoms with van der Waals surface area (Å²) < 4.78 is 0. The van der Waals surface area contributed by atoms with Gasteiger partial charge in [-0.05, 0) is 97.2 Å². The van der Waals surface area contributed by atoms with Gasteiger partial charge >= 0.3 is 0 Å². The van der Waals surface area contributed by atoms with Gasteiger partial charge in [0, 0.05) is 12.3 Å². The first-order chi connectivity index (χ1) is 15.5. The largest absolute Gasteiger partial charge is 0.393 e. The van der Waals surface area contributed by atoms with Crippen LogP contribution in [0.5, 0.6) is 0 Å². The number of aliphatic hydroxyl groups excluding tert-OH is 3. The van der Waals surface area contributed by atoms with Gasteiger partial charge in [-0.1, -0.05) is 48.0 Å². The van der Waals surface area contributed by atoms with Crippen molar-refractivity contribution >= 4 is 5.78 Å². The number of carbonyl (C=O) groups excluding carboxylic acids is 1. The van der Waals surface area contributed by atoms with E-state index in [4.69, 9.17) is 0 Å². The number of rotatable bonds is 6. The zero-order chi connectivity index (χ0) is 24.3. The maximum Gasteiger partial charge on any atom is 0.136 e. The van der Waals surface area contributed by atoms with E-state index in [0.717, 1.165) is 38.5 Å².